The molecule has 0 spiro atoms. The highest BCUT2D eigenvalue weighted by atomic mass is 16.2. The first kappa shape index (κ1) is 11.9. The van der Waals surface area contributed by atoms with E-state index >= 15 is 0 Å². The molecule has 0 aromatic rings. The van der Waals surface area contributed by atoms with Gasteiger partial charge in [0.25, 0.3) is 0 Å². The maximum absolute atomic E-state index is 11.6. The van der Waals surface area contributed by atoms with Crippen molar-refractivity contribution in [1.29, 1.82) is 0 Å². The van der Waals surface area contributed by atoms with Crippen LogP contribution in [0.5, 0.6) is 0 Å². The molecule has 2 rings (SSSR count). The molecule has 16 heavy (non-hydrogen) atoms. The highest BCUT2D eigenvalue weighted by molar-refractivity contribution is 5.78. The third kappa shape index (κ3) is 2.55. The molecule has 2 fully saturated rings. The van der Waals surface area contributed by atoms with Crippen molar-refractivity contribution in [1.82, 2.24) is 10.2 Å². The second-order valence-electron chi connectivity index (χ2n) is 5.21. The van der Waals surface area contributed by atoms with Crippen molar-refractivity contribution in [2.45, 2.75) is 32.2 Å². The zero-order valence-electron chi connectivity index (χ0n) is 10.1. The van der Waals surface area contributed by atoms with Crippen LogP contribution < -0.4 is 11.1 Å². The lowest BCUT2D eigenvalue weighted by molar-refractivity contribution is -0.122. The largest absolute Gasteiger partial charge is 0.355 e. The van der Waals surface area contributed by atoms with E-state index in [1.807, 2.05) is 0 Å². The average molecular weight is 225 g/mol. The van der Waals surface area contributed by atoms with E-state index in [1.54, 1.807) is 0 Å². The minimum atomic E-state index is 0.162. The molecule has 3 unspecified atom stereocenters. The van der Waals surface area contributed by atoms with Gasteiger partial charge in [0, 0.05) is 25.7 Å². The average Bonchev–Trinajstić information content (AvgIpc) is 2.78. The SMILES string of the molecule is CCCNC(=O)CN1CC2CCC(N)C2C1. The molecule has 1 heterocycles. The van der Waals surface area contributed by atoms with Crippen molar-refractivity contribution in [2.24, 2.45) is 17.6 Å². The lowest BCUT2D eigenvalue weighted by Gasteiger charge is -2.17. The maximum Gasteiger partial charge on any atom is 0.234 e. The van der Waals surface area contributed by atoms with Crippen LogP contribution in [0.4, 0.5) is 0 Å². The summed E-state index contributed by atoms with van der Waals surface area (Å²) < 4.78 is 0. The number of nitrogens with zero attached hydrogens (tertiary/aromatic N) is 1. The Balaban J connectivity index is 1.75. The minimum Gasteiger partial charge on any atom is -0.355 e. The van der Waals surface area contributed by atoms with Gasteiger partial charge in [-0.2, -0.15) is 0 Å². The van der Waals surface area contributed by atoms with Gasteiger partial charge in [0.2, 0.25) is 5.91 Å². The van der Waals surface area contributed by atoms with Crippen LogP contribution in [-0.4, -0.2) is 43.0 Å². The molecular formula is C12H23N3O. The van der Waals surface area contributed by atoms with Crippen molar-refractivity contribution in [2.75, 3.05) is 26.2 Å². The molecular weight excluding hydrogens is 202 g/mol. The van der Waals surface area contributed by atoms with Crippen LogP contribution in [0.1, 0.15) is 26.2 Å². The number of nitrogens with two attached hydrogens (primary N) is 1. The molecule has 92 valence electrons. The Kier molecular flexibility index (Phi) is 3.82. The van der Waals surface area contributed by atoms with Crippen LogP contribution >= 0.6 is 0 Å². The first-order chi connectivity index (χ1) is 7.70. The highest BCUT2D eigenvalue weighted by Gasteiger charge is 2.41. The standard InChI is InChI=1S/C12H23N3O/c1-2-5-14-12(16)8-15-6-9-3-4-11(13)10(9)7-15/h9-11H,2-8,13H2,1H3,(H,14,16). The molecule has 1 amide bonds. The van der Waals surface area contributed by atoms with Gasteiger partial charge < -0.3 is 11.1 Å². The number of likely N-dealkylation sites (tertiary alicyclic amines) is 1. The summed E-state index contributed by atoms with van der Waals surface area (Å²) in [6.07, 6.45) is 3.42. The third-order valence-corrected chi connectivity index (χ3v) is 3.93. The molecule has 1 saturated carbocycles. The Labute approximate surface area is 97.6 Å². The smallest absolute Gasteiger partial charge is 0.234 e. The number of hydrogen-bond acceptors (Lipinski definition) is 3. The molecule has 4 nitrogen and oxygen atoms in total. The van der Waals surface area contributed by atoms with Crippen LogP contribution in [-0.2, 0) is 4.79 Å². The van der Waals surface area contributed by atoms with Gasteiger partial charge in [-0.15, -0.1) is 0 Å². The number of carbonyl (C=O) groups excluding carboxylic acids is 1. The molecule has 0 radical (unpaired) electrons. The van der Waals surface area contributed by atoms with E-state index in [2.05, 4.69) is 17.1 Å². The van der Waals surface area contributed by atoms with Gasteiger partial charge in [0.05, 0.1) is 6.54 Å². The number of rotatable bonds is 4. The number of hydrogen-bond donors (Lipinski definition) is 2. The molecule has 1 aliphatic carbocycles. The monoisotopic (exact) mass is 225 g/mol. The number of fused-ring (bicyclic) bond motifs is 1. The molecule has 4 heteroatoms. The molecule has 1 saturated heterocycles. The molecule has 0 aromatic heterocycles. The fourth-order valence-corrected chi connectivity index (χ4v) is 3.05. The van der Waals surface area contributed by atoms with Crippen molar-refractivity contribution >= 4 is 5.91 Å². The van der Waals surface area contributed by atoms with E-state index in [1.165, 1.54) is 12.8 Å². The van der Waals surface area contributed by atoms with E-state index in [-0.39, 0.29) is 5.91 Å². The van der Waals surface area contributed by atoms with Gasteiger partial charge in [0.1, 0.15) is 0 Å². The summed E-state index contributed by atoms with van der Waals surface area (Å²) in [5.74, 6) is 1.54. The zero-order chi connectivity index (χ0) is 11.5. The van der Waals surface area contributed by atoms with E-state index < -0.39 is 0 Å². The van der Waals surface area contributed by atoms with Crippen molar-refractivity contribution in [3.63, 3.8) is 0 Å². The van der Waals surface area contributed by atoms with Crippen LogP contribution in [0, 0.1) is 11.8 Å². The van der Waals surface area contributed by atoms with Crippen LogP contribution in [0.15, 0.2) is 0 Å². The fourth-order valence-electron chi connectivity index (χ4n) is 3.05. The van der Waals surface area contributed by atoms with Crippen LogP contribution in [0.3, 0.4) is 0 Å². The topological polar surface area (TPSA) is 58.4 Å². The summed E-state index contributed by atoms with van der Waals surface area (Å²) >= 11 is 0. The van der Waals surface area contributed by atoms with Gasteiger partial charge >= 0.3 is 0 Å². The number of amides is 1. The molecule has 2 aliphatic rings. The molecule has 0 aromatic carbocycles. The summed E-state index contributed by atoms with van der Waals surface area (Å²) in [4.78, 5) is 13.8. The Morgan fingerprint density at radius 1 is 1.44 bits per heavy atom. The van der Waals surface area contributed by atoms with Gasteiger partial charge in [-0.1, -0.05) is 6.92 Å². The lowest BCUT2D eigenvalue weighted by atomic mass is 9.98. The zero-order valence-corrected chi connectivity index (χ0v) is 10.1. The predicted molar refractivity (Wildman–Crippen MR) is 63.9 cm³/mol. The summed E-state index contributed by atoms with van der Waals surface area (Å²) in [7, 11) is 0. The molecule has 3 atom stereocenters. The second-order valence-corrected chi connectivity index (χ2v) is 5.21. The van der Waals surface area contributed by atoms with Gasteiger partial charge in [-0.05, 0) is 31.1 Å². The van der Waals surface area contributed by atoms with Crippen molar-refractivity contribution in [3.8, 4) is 0 Å². The predicted octanol–water partition coefficient (Wildman–Crippen LogP) is 0.182. The number of nitrogens with one attached hydrogen (secondary N) is 1. The highest BCUT2D eigenvalue weighted by Crippen LogP contribution is 2.36. The Bertz CT molecular complexity index is 257. The van der Waals surface area contributed by atoms with Gasteiger partial charge in [0.15, 0.2) is 0 Å². The Morgan fingerprint density at radius 2 is 2.25 bits per heavy atom. The summed E-state index contributed by atoms with van der Waals surface area (Å²) in [5, 5.41) is 2.92. The minimum absolute atomic E-state index is 0.162. The maximum atomic E-state index is 11.6. The van der Waals surface area contributed by atoms with Crippen molar-refractivity contribution in [3.05, 3.63) is 0 Å². The first-order valence-electron chi connectivity index (χ1n) is 6.45. The second kappa shape index (κ2) is 5.15. The summed E-state index contributed by atoms with van der Waals surface area (Å²) in [6, 6.07) is 0.369. The number of carbonyl (C=O) groups is 1. The van der Waals surface area contributed by atoms with E-state index in [9.17, 15) is 4.79 Å². The lowest BCUT2D eigenvalue weighted by Crippen LogP contribution is -2.38. The third-order valence-electron chi connectivity index (χ3n) is 3.93. The first-order valence-corrected chi connectivity index (χ1v) is 6.45. The Morgan fingerprint density at radius 3 is 2.94 bits per heavy atom. The van der Waals surface area contributed by atoms with E-state index in [4.69, 9.17) is 5.73 Å². The molecule has 0 bridgehead atoms. The normalized spacial score (nSPS) is 34.0. The summed E-state index contributed by atoms with van der Waals surface area (Å²) in [6.45, 7) is 5.50. The van der Waals surface area contributed by atoms with Crippen LogP contribution in [0.25, 0.3) is 0 Å². The van der Waals surface area contributed by atoms with Gasteiger partial charge in [-0.25, -0.2) is 0 Å². The summed E-state index contributed by atoms with van der Waals surface area (Å²) in [5.41, 5.74) is 6.07. The van der Waals surface area contributed by atoms with Crippen molar-refractivity contribution < 1.29 is 4.79 Å². The van der Waals surface area contributed by atoms with E-state index in [0.29, 0.717) is 18.5 Å². The van der Waals surface area contributed by atoms with Gasteiger partial charge in [-0.3, -0.25) is 9.69 Å². The quantitative estimate of drug-likeness (QED) is 0.717. The molecule has 1 aliphatic heterocycles. The van der Waals surface area contributed by atoms with E-state index in [0.717, 1.165) is 32.0 Å². The fraction of sp³-hybridized carbons (Fsp3) is 0.917. The Hall–Kier alpha value is -0.610. The van der Waals surface area contributed by atoms with Crippen LogP contribution in [0.2, 0.25) is 0 Å². The molecule has 3 N–H and O–H groups in total.